The topological polar surface area (TPSA) is 72.8 Å². The first-order chi connectivity index (χ1) is 11.0. The van der Waals surface area contributed by atoms with Gasteiger partial charge in [-0.2, -0.15) is 0 Å². The van der Waals surface area contributed by atoms with Crippen LogP contribution < -0.4 is 0 Å². The first kappa shape index (κ1) is 9.77. The van der Waals surface area contributed by atoms with Gasteiger partial charge in [-0.05, 0) is 24.6 Å². The van der Waals surface area contributed by atoms with Crippen LogP contribution in [-0.4, -0.2) is 49.1 Å². The van der Waals surface area contributed by atoms with Gasteiger partial charge < -0.3 is 14.6 Å². The molecule has 0 bridgehead atoms. The third-order valence-electron chi connectivity index (χ3n) is 4.11. The SMILES string of the molecule is [2H]C1(O)COC2OC(C3C([2H])([2H])C([2H])([2H])C(C(C)(C)C)S3(=O)=O)CC21. The first-order valence-corrected chi connectivity index (χ1v) is 8.38. The van der Waals surface area contributed by atoms with Crippen molar-refractivity contribution in [2.24, 2.45) is 11.3 Å². The fraction of sp³-hybridized carbons (Fsp3) is 1.00. The van der Waals surface area contributed by atoms with Gasteiger partial charge in [0.1, 0.15) is 0 Å². The summed E-state index contributed by atoms with van der Waals surface area (Å²) in [6.45, 7) is 4.45. The third-order valence-corrected chi connectivity index (χ3v) is 6.72. The van der Waals surface area contributed by atoms with Gasteiger partial charge in [-0.3, -0.25) is 0 Å². The highest BCUT2D eigenvalue weighted by Gasteiger charge is 2.55. The largest absolute Gasteiger partial charge is 0.390 e. The van der Waals surface area contributed by atoms with Crippen LogP contribution in [0.3, 0.4) is 0 Å². The highest BCUT2D eigenvalue weighted by atomic mass is 32.2. The molecule has 0 aromatic carbocycles. The minimum atomic E-state index is -4.23. The molecule has 3 fully saturated rings. The number of sulfone groups is 1. The van der Waals surface area contributed by atoms with Crippen LogP contribution in [0.5, 0.6) is 0 Å². The molecule has 5 nitrogen and oxygen atoms in total. The van der Waals surface area contributed by atoms with Gasteiger partial charge in [0, 0.05) is 11.4 Å². The van der Waals surface area contributed by atoms with Crippen molar-refractivity contribution < 1.29 is 29.9 Å². The van der Waals surface area contributed by atoms with Crippen molar-refractivity contribution in [3.8, 4) is 0 Å². The second-order valence-electron chi connectivity index (χ2n) is 6.73. The van der Waals surface area contributed by atoms with E-state index < -0.39 is 62.9 Å². The lowest BCUT2D eigenvalue weighted by atomic mass is 9.88. The molecule has 0 aromatic rings. The van der Waals surface area contributed by atoms with E-state index in [0.717, 1.165) is 0 Å². The zero-order valence-electron chi connectivity index (χ0n) is 16.8. The van der Waals surface area contributed by atoms with Crippen LogP contribution in [0.2, 0.25) is 0 Å². The molecule has 0 radical (unpaired) electrons. The molecule has 0 aliphatic carbocycles. The van der Waals surface area contributed by atoms with Gasteiger partial charge in [-0.25, -0.2) is 8.42 Å². The summed E-state index contributed by atoms with van der Waals surface area (Å²) in [6, 6.07) is 0. The highest BCUT2D eigenvalue weighted by molar-refractivity contribution is 7.93. The fourth-order valence-electron chi connectivity index (χ4n) is 3.08. The predicted octanol–water partition coefficient (Wildman–Crippen LogP) is 1.10. The summed E-state index contributed by atoms with van der Waals surface area (Å²) >= 11 is 0. The molecular weight excluding hydrogens is 280 g/mol. The Bertz CT molecular complexity index is 672. The number of rotatable bonds is 1. The monoisotopic (exact) mass is 309 g/mol. The maximum absolute atomic E-state index is 13.1. The smallest absolute Gasteiger partial charge is 0.163 e. The Hall–Kier alpha value is -0.170. The number of hydrogen-bond acceptors (Lipinski definition) is 5. The summed E-state index contributed by atoms with van der Waals surface area (Å²) in [5, 5.41) is 6.76. The number of hydrogen-bond donors (Lipinski definition) is 1. The molecule has 0 spiro atoms. The Morgan fingerprint density at radius 3 is 2.60 bits per heavy atom. The summed E-state index contributed by atoms with van der Waals surface area (Å²) in [4.78, 5) is 0. The molecule has 3 heterocycles. The molecule has 3 rings (SSSR count). The van der Waals surface area contributed by atoms with E-state index in [1.807, 2.05) is 0 Å². The van der Waals surface area contributed by atoms with E-state index in [1.54, 1.807) is 20.8 Å². The maximum atomic E-state index is 13.1. The van der Waals surface area contributed by atoms with Gasteiger partial charge in [0.05, 0.1) is 30.7 Å². The van der Waals surface area contributed by atoms with E-state index >= 15 is 0 Å². The quantitative estimate of drug-likeness (QED) is 0.785. The number of ether oxygens (including phenoxy) is 2. The van der Waals surface area contributed by atoms with Crippen LogP contribution in [0.25, 0.3) is 0 Å². The van der Waals surface area contributed by atoms with Crippen LogP contribution in [0.15, 0.2) is 0 Å². The third kappa shape index (κ3) is 2.21. The van der Waals surface area contributed by atoms with Crippen molar-refractivity contribution in [1.82, 2.24) is 0 Å². The van der Waals surface area contributed by atoms with Crippen LogP contribution in [-0.2, 0) is 19.3 Å². The Morgan fingerprint density at radius 1 is 1.35 bits per heavy atom. The van der Waals surface area contributed by atoms with Crippen LogP contribution >= 0.6 is 0 Å². The molecule has 1 N–H and O–H groups in total. The highest BCUT2D eigenvalue weighted by Crippen LogP contribution is 2.45. The summed E-state index contributed by atoms with van der Waals surface area (Å²) in [5.41, 5.74) is -1.01. The molecule has 3 saturated heterocycles. The molecular formula is C14H24O5S. The van der Waals surface area contributed by atoms with Gasteiger partial charge in [0.15, 0.2) is 16.1 Å². The molecule has 3 aliphatic heterocycles. The fourth-order valence-corrected chi connectivity index (χ4v) is 5.43. The predicted molar refractivity (Wildman–Crippen MR) is 73.9 cm³/mol. The van der Waals surface area contributed by atoms with E-state index in [0.29, 0.717) is 0 Å². The second-order valence-corrected chi connectivity index (χ2v) is 8.89. The summed E-state index contributed by atoms with van der Waals surface area (Å²) < 4.78 is 77.8. The lowest BCUT2D eigenvalue weighted by molar-refractivity contribution is -0.117. The van der Waals surface area contributed by atoms with Crippen LogP contribution in [0.4, 0.5) is 0 Å². The molecule has 20 heavy (non-hydrogen) atoms. The molecule has 116 valence electrons. The zero-order valence-corrected chi connectivity index (χ0v) is 12.6. The van der Waals surface area contributed by atoms with Gasteiger partial charge >= 0.3 is 0 Å². The van der Waals surface area contributed by atoms with E-state index in [2.05, 4.69) is 0 Å². The Labute approximate surface area is 127 Å². The van der Waals surface area contributed by atoms with Gasteiger partial charge in [0.2, 0.25) is 0 Å². The van der Waals surface area contributed by atoms with Crippen molar-refractivity contribution in [3.05, 3.63) is 0 Å². The molecule has 0 aromatic heterocycles. The zero-order chi connectivity index (χ0) is 19.2. The van der Waals surface area contributed by atoms with Crippen molar-refractivity contribution in [3.63, 3.8) is 0 Å². The van der Waals surface area contributed by atoms with Crippen molar-refractivity contribution in [2.75, 3.05) is 6.61 Å². The van der Waals surface area contributed by atoms with E-state index in [-0.39, 0.29) is 13.0 Å². The van der Waals surface area contributed by atoms with Crippen LogP contribution in [0.1, 0.15) is 46.8 Å². The number of fused-ring (bicyclic) bond motifs is 1. The minimum absolute atomic E-state index is 0.0684. The Morgan fingerprint density at radius 2 is 2.05 bits per heavy atom. The second kappa shape index (κ2) is 4.66. The summed E-state index contributed by atoms with van der Waals surface area (Å²) in [5.74, 6) is -0.789. The molecule has 6 unspecified atom stereocenters. The van der Waals surface area contributed by atoms with Crippen LogP contribution in [0, 0.1) is 11.3 Å². The lowest BCUT2D eigenvalue weighted by Gasteiger charge is -2.28. The Balaban J connectivity index is 2.02. The molecule has 0 amide bonds. The first-order valence-electron chi connectivity index (χ1n) is 9.27. The number of aliphatic hydroxyl groups is 1. The van der Waals surface area contributed by atoms with Crippen molar-refractivity contribution in [1.29, 1.82) is 0 Å². The van der Waals surface area contributed by atoms with E-state index in [9.17, 15) is 13.5 Å². The van der Waals surface area contributed by atoms with Gasteiger partial charge in [-0.15, -0.1) is 0 Å². The standard InChI is InChI=1S/C14H24O5S/c1-14(2,3)12-5-4-11(20(12,16)17)10-6-8-9(15)7-18-13(8)19-10/h8-13,15H,4-7H2,1-3H3/i4D2,5D2,9D. The molecule has 6 heteroatoms. The normalized spacial score (nSPS) is 60.0. The minimum Gasteiger partial charge on any atom is -0.390 e. The molecule has 0 saturated carbocycles. The molecule has 3 aliphatic rings. The van der Waals surface area contributed by atoms with E-state index in [4.69, 9.17) is 16.3 Å². The average molecular weight is 309 g/mol. The average Bonchev–Trinajstić information content (AvgIpc) is 2.89. The summed E-state index contributed by atoms with van der Waals surface area (Å²) in [6.07, 6.45) is -9.41. The van der Waals surface area contributed by atoms with Crippen molar-refractivity contribution >= 4 is 9.84 Å². The van der Waals surface area contributed by atoms with Gasteiger partial charge in [-0.1, -0.05) is 20.8 Å². The van der Waals surface area contributed by atoms with E-state index in [1.165, 1.54) is 0 Å². The maximum Gasteiger partial charge on any atom is 0.163 e. The summed E-state index contributed by atoms with van der Waals surface area (Å²) in [7, 11) is -4.23. The lowest BCUT2D eigenvalue weighted by Crippen LogP contribution is -2.38. The van der Waals surface area contributed by atoms with Crippen molar-refractivity contribution in [2.45, 2.75) is 68.9 Å². The van der Waals surface area contributed by atoms with Gasteiger partial charge in [0.25, 0.3) is 0 Å². The molecule has 6 atom stereocenters. The Kier molecular flexibility index (Phi) is 2.28.